The predicted molar refractivity (Wildman–Crippen MR) is 89.5 cm³/mol. The summed E-state index contributed by atoms with van der Waals surface area (Å²) < 4.78 is 0. The van der Waals surface area contributed by atoms with Gasteiger partial charge in [0, 0.05) is 13.1 Å². The Morgan fingerprint density at radius 3 is 2.74 bits per heavy atom. The lowest BCUT2D eigenvalue weighted by molar-refractivity contribution is -0.125. The smallest absolute Gasteiger partial charge is 0.249 e. The van der Waals surface area contributed by atoms with Crippen molar-refractivity contribution in [1.29, 1.82) is 0 Å². The molecule has 0 aromatic heterocycles. The van der Waals surface area contributed by atoms with E-state index >= 15 is 0 Å². The molecule has 122 valence electrons. The minimum Gasteiger partial charge on any atom is -0.343 e. The summed E-state index contributed by atoms with van der Waals surface area (Å²) in [5, 5.41) is 5.98. The largest absolute Gasteiger partial charge is 0.343 e. The first-order chi connectivity index (χ1) is 11.1. The van der Waals surface area contributed by atoms with E-state index in [1.54, 1.807) is 24.3 Å². The normalized spacial score (nSPS) is 21.4. The third-order valence-corrected chi connectivity index (χ3v) is 4.33. The lowest BCUT2D eigenvalue weighted by Gasteiger charge is -2.32. The Hall–Kier alpha value is -2.08. The van der Waals surface area contributed by atoms with E-state index in [4.69, 9.17) is 11.6 Å². The summed E-state index contributed by atoms with van der Waals surface area (Å²) in [6, 6.07) is 6.28. The van der Waals surface area contributed by atoms with Crippen LogP contribution in [0.1, 0.15) is 25.7 Å². The number of halogens is 1. The summed E-state index contributed by atoms with van der Waals surface area (Å²) in [6.07, 6.45) is 3.39. The van der Waals surface area contributed by atoms with E-state index in [1.807, 2.05) is 4.90 Å². The van der Waals surface area contributed by atoms with Crippen LogP contribution >= 0.6 is 11.6 Å². The molecule has 0 aliphatic carbocycles. The molecule has 0 saturated carbocycles. The van der Waals surface area contributed by atoms with Gasteiger partial charge in [-0.15, -0.1) is 0 Å². The minimum atomic E-state index is -0.725. The molecule has 1 atom stereocenters. The predicted octanol–water partition coefficient (Wildman–Crippen LogP) is 2.01. The number of piperidine rings is 1. The summed E-state index contributed by atoms with van der Waals surface area (Å²) in [5.74, 6) is 0.0163. The highest BCUT2D eigenvalue weighted by Gasteiger charge is 2.29. The van der Waals surface area contributed by atoms with E-state index in [-0.39, 0.29) is 18.2 Å². The van der Waals surface area contributed by atoms with Gasteiger partial charge in [0.2, 0.25) is 17.8 Å². The lowest BCUT2D eigenvalue weighted by Crippen LogP contribution is -2.51. The first kappa shape index (κ1) is 15.8. The van der Waals surface area contributed by atoms with Gasteiger partial charge in [0.1, 0.15) is 6.04 Å². The summed E-state index contributed by atoms with van der Waals surface area (Å²) in [4.78, 5) is 30.8. The summed E-state index contributed by atoms with van der Waals surface area (Å²) in [5.41, 5.74) is 0.528. The number of anilines is 1. The van der Waals surface area contributed by atoms with E-state index in [0.29, 0.717) is 16.7 Å². The van der Waals surface area contributed by atoms with Crippen LogP contribution in [0.15, 0.2) is 29.3 Å². The maximum Gasteiger partial charge on any atom is 0.249 e. The quantitative estimate of drug-likeness (QED) is 0.869. The molecule has 6 nitrogen and oxygen atoms in total. The number of likely N-dealkylation sites (tertiary alicyclic amines) is 1. The Morgan fingerprint density at radius 2 is 2.00 bits per heavy atom. The van der Waals surface area contributed by atoms with Crippen molar-refractivity contribution in [3.05, 3.63) is 29.3 Å². The van der Waals surface area contributed by atoms with E-state index < -0.39 is 6.04 Å². The van der Waals surface area contributed by atoms with Crippen LogP contribution in [-0.2, 0) is 9.59 Å². The fourth-order valence-electron chi connectivity index (χ4n) is 2.77. The number of hydrogen-bond acceptors (Lipinski definition) is 4. The van der Waals surface area contributed by atoms with Crippen LogP contribution in [0, 0.1) is 0 Å². The van der Waals surface area contributed by atoms with Gasteiger partial charge in [-0.25, -0.2) is 4.99 Å². The molecule has 1 aromatic rings. The van der Waals surface area contributed by atoms with Gasteiger partial charge in [0.25, 0.3) is 0 Å². The van der Waals surface area contributed by atoms with Crippen molar-refractivity contribution in [2.75, 3.05) is 18.4 Å². The molecule has 7 heteroatoms. The number of carbonyl (C=O) groups excluding carboxylic acids is 2. The maximum absolute atomic E-state index is 12.4. The van der Waals surface area contributed by atoms with Crippen molar-refractivity contribution < 1.29 is 9.59 Å². The molecule has 0 bridgehead atoms. The van der Waals surface area contributed by atoms with Crippen LogP contribution in [0.4, 0.5) is 5.69 Å². The van der Waals surface area contributed by atoms with Gasteiger partial charge in [-0.3, -0.25) is 14.9 Å². The van der Waals surface area contributed by atoms with Gasteiger partial charge < -0.3 is 10.2 Å². The third-order valence-electron chi connectivity index (χ3n) is 4.00. The number of para-hydroxylation sites is 1. The minimum absolute atomic E-state index is 0.0492. The van der Waals surface area contributed by atoms with Crippen molar-refractivity contribution in [3.8, 4) is 0 Å². The molecule has 2 aliphatic heterocycles. The molecule has 2 aliphatic rings. The zero-order valence-electron chi connectivity index (χ0n) is 12.7. The average molecular weight is 335 g/mol. The Morgan fingerprint density at radius 1 is 1.26 bits per heavy atom. The van der Waals surface area contributed by atoms with E-state index in [9.17, 15) is 9.59 Å². The number of benzene rings is 1. The number of nitrogens with zero attached hydrogens (tertiary/aromatic N) is 2. The number of guanidine groups is 1. The number of hydrogen-bond donors (Lipinski definition) is 2. The van der Waals surface area contributed by atoms with Gasteiger partial charge in [-0.05, 0) is 31.4 Å². The Labute approximate surface area is 139 Å². The van der Waals surface area contributed by atoms with Crippen molar-refractivity contribution >= 4 is 35.1 Å². The second-order valence-electron chi connectivity index (χ2n) is 5.74. The highest BCUT2D eigenvalue weighted by Crippen LogP contribution is 2.21. The van der Waals surface area contributed by atoms with Crippen LogP contribution in [0.25, 0.3) is 0 Å². The maximum atomic E-state index is 12.4. The number of carbonyl (C=O) groups is 2. The van der Waals surface area contributed by atoms with Gasteiger partial charge in [-0.1, -0.05) is 23.7 Å². The molecule has 1 saturated heterocycles. The van der Waals surface area contributed by atoms with Gasteiger partial charge in [-0.2, -0.15) is 0 Å². The van der Waals surface area contributed by atoms with Crippen LogP contribution < -0.4 is 10.6 Å². The topological polar surface area (TPSA) is 73.8 Å². The highest BCUT2D eigenvalue weighted by atomic mass is 35.5. The van der Waals surface area contributed by atoms with E-state index in [2.05, 4.69) is 15.6 Å². The van der Waals surface area contributed by atoms with Crippen molar-refractivity contribution in [2.45, 2.75) is 31.7 Å². The van der Waals surface area contributed by atoms with Crippen molar-refractivity contribution in [3.63, 3.8) is 0 Å². The third kappa shape index (κ3) is 3.82. The number of nitrogens with one attached hydrogen (secondary N) is 2. The van der Waals surface area contributed by atoms with E-state index in [1.165, 1.54) is 6.42 Å². The zero-order valence-corrected chi connectivity index (χ0v) is 13.5. The number of amides is 2. The monoisotopic (exact) mass is 334 g/mol. The van der Waals surface area contributed by atoms with Crippen LogP contribution in [0.3, 0.4) is 0 Å². The molecule has 0 spiro atoms. The molecule has 0 radical (unpaired) electrons. The SMILES string of the molecule is O=C1C[C@@H](C(=O)Nc2ccccc2Cl)N=C(N2CCCCC2)N1. The Bertz CT molecular complexity index is 641. The molecule has 0 unspecified atom stereocenters. The van der Waals surface area contributed by atoms with Gasteiger partial charge in [0.05, 0.1) is 17.1 Å². The second-order valence-corrected chi connectivity index (χ2v) is 6.14. The summed E-state index contributed by atoms with van der Waals surface area (Å²) in [6.45, 7) is 1.72. The zero-order chi connectivity index (χ0) is 16.2. The van der Waals surface area contributed by atoms with E-state index in [0.717, 1.165) is 25.9 Å². The molecule has 3 rings (SSSR count). The molecular formula is C16H19ClN4O2. The number of rotatable bonds is 2. The molecule has 23 heavy (non-hydrogen) atoms. The molecule has 1 fully saturated rings. The second kappa shape index (κ2) is 7.00. The Kier molecular flexibility index (Phi) is 4.81. The average Bonchev–Trinajstić information content (AvgIpc) is 2.57. The van der Waals surface area contributed by atoms with Crippen LogP contribution in [0.2, 0.25) is 5.02 Å². The fourth-order valence-corrected chi connectivity index (χ4v) is 2.96. The Balaban J connectivity index is 1.73. The molecule has 2 heterocycles. The van der Waals surface area contributed by atoms with Crippen molar-refractivity contribution in [2.24, 2.45) is 4.99 Å². The van der Waals surface area contributed by atoms with Crippen LogP contribution in [0.5, 0.6) is 0 Å². The standard InChI is InChI=1S/C16H19ClN4O2/c17-11-6-2-3-7-12(11)18-15(23)13-10-14(22)20-16(19-13)21-8-4-1-5-9-21/h2-3,6-7,13H,1,4-5,8-10H2,(H,18,23)(H,19,20,22)/t13-/m0/s1. The fraction of sp³-hybridized carbons (Fsp3) is 0.438. The summed E-state index contributed by atoms with van der Waals surface area (Å²) >= 11 is 6.05. The first-order valence-electron chi connectivity index (χ1n) is 7.81. The molecule has 1 aromatic carbocycles. The van der Waals surface area contributed by atoms with Crippen molar-refractivity contribution in [1.82, 2.24) is 10.2 Å². The summed E-state index contributed by atoms with van der Waals surface area (Å²) in [7, 11) is 0. The molecule has 2 amide bonds. The molecular weight excluding hydrogens is 316 g/mol. The highest BCUT2D eigenvalue weighted by molar-refractivity contribution is 6.33. The van der Waals surface area contributed by atoms with Gasteiger partial charge >= 0.3 is 0 Å². The van der Waals surface area contributed by atoms with Gasteiger partial charge in [0.15, 0.2) is 0 Å². The first-order valence-corrected chi connectivity index (χ1v) is 8.19. The lowest BCUT2D eigenvalue weighted by atomic mass is 10.1. The number of aliphatic imine (C=N–C) groups is 1. The molecule has 2 N–H and O–H groups in total. The van der Waals surface area contributed by atoms with Crippen LogP contribution in [-0.4, -0.2) is 41.8 Å².